The number of benzene rings is 1. The fraction of sp³-hybridized carbons (Fsp3) is 0. The molecule has 0 bridgehead atoms. The van der Waals surface area contributed by atoms with Crippen LogP contribution in [0.5, 0.6) is 0 Å². The number of para-hydroxylation sites is 1. The maximum absolute atomic E-state index is 10.7. The summed E-state index contributed by atoms with van der Waals surface area (Å²) < 4.78 is 0. The van der Waals surface area contributed by atoms with Gasteiger partial charge < -0.3 is 5.32 Å². The van der Waals surface area contributed by atoms with Gasteiger partial charge in [0.25, 0.3) is 0 Å². The van der Waals surface area contributed by atoms with Crippen LogP contribution in [0.4, 0.5) is 5.69 Å². The smallest absolute Gasteiger partial charge is 0.318 e. The van der Waals surface area contributed by atoms with Gasteiger partial charge >= 0.3 is 11.8 Å². The summed E-state index contributed by atoms with van der Waals surface area (Å²) >= 11 is 0. The Labute approximate surface area is 69.4 Å². The van der Waals surface area contributed by atoms with Gasteiger partial charge in [0.1, 0.15) is 0 Å². The highest BCUT2D eigenvalue weighted by atomic mass is 16.2. The molecule has 2 amide bonds. The normalized spacial score (nSPS) is 9.00. The van der Waals surface area contributed by atoms with Crippen molar-refractivity contribution in [1.29, 1.82) is 0 Å². The number of rotatable bonds is 1. The first-order chi connectivity index (χ1) is 5.70. The largest absolute Gasteiger partial charge is 0.328 e. The average molecular weight is 163 g/mol. The molecule has 0 heterocycles. The third-order valence-electron chi connectivity index (χ3n) is 1.24. The van der Waals surface area contributed by atoms with E-state index in [1.807, 2.05) is 0 Å². The molecule has 0 saturated carbocycles. The number of carbonyl (C=O) groups excluding carboxylic acids is 2. The molecule has 0 saturated heterocycles. The summed E-state index contributed by atoms with van der Waals surface area (Å²) in [6.07, 6.45) is 0. The van der Waals surface area contributed by atoms with Crippen LogP contribution in [-0.2, 0) is 9.59 Å². The molecule has 1 radical (unpaired) electrons. The van der Waals surface area contributed by atoms with Crippen LogP contribution in [0.2, 0.25) is 0 Å². The third kappa shape index (κ3) is 2.09. The SMILES string of the molecule is [NH]C(=O)C(=O)Nc1ccccc1. The number of hydrogen-bond donors (Lipinski definition) is 1. The van der Waals surface area contributed by atoms with Gasteiger partial charge in [-0.1, -0.05) is 18.2 Å². The molecule has 4 nitrogen and oxygen atoms in total. The number of nitrogens with one attached hydrogen (secondary N) is 2. The van der Waals surface area contributed by atoms with E-state index in [1.165, 1.54) is 0 Å². The Bertz CT molecular complexity index is 295. The second-order valence-electron chi connectivity index (χ2n) is 2.15. The van der Waals surface area contributed by atoms with Crippen molar-refractivity contribution in [3.05, 3.63) is 30.3 Å². The van der Waals surface area contributed by atoms with Crippen LogP contribution in [-0.4, -0.2) is 11.8 Å². The summed E-state index contributed by atoms with van der Waals surface area (Å²) in [5.41, 5.74) is 7.00. The van der Waals surface area contributed by atoms with Crippen molar-refractivity contribution < 1.29 is 9.59 Å². The molecule has 61 valence electrons. The van der Waals surface area contributed by atoms with E-state index in [9.17, 15) is 9.59 Å². The van der Waals surface area contributed by atoms with Crippen LogP contribution in [0.15, 0.2) is 30.3 Å². The molecule has 0 aliphatic carbocycles. The predicted molar refractivity (Wildman–Crippen MR) is 43.2 cm³/mol. The van der Waals surface area contributed by atoms with Gasteiger partial charge in [-0.15, -0.1) is 0 Å². The molecule has 12 heavy (non-hydrogen) atoms. The van der Waals surface area contributed by atoms with E-state index in [0.29, 0.717) is 5.69 Å². The van der Waals surface area contributed by atoms with Crippen LogP contribution in [0, 0.1) is 0 Å². The number of anilines is 1. The quantitative estimate of drug-likeness (QED) is 0.610. The highest BCUT2D eigenvalue weighted by Crippen LogP contribution is 2.03. The van der Waals surface area contributed by atoms with Crippen molar-refractivity contribution in [2.24, 2.45) is 0 Å². The van der Waals surface area contributed by atoms with Gasteiger partial charge in [-0.05, 0) is 12.1 Å². The van der Waals surface area contributed by atoms with E-state index < -0.39 is 11.8 Å². The number of carbonyl (C=O) groups is 2. The zero-order valence-corrected chi connectivity index (χ0v) is 6.20. The maximum atomic E-state index is 10.7. The van der Waals surface area contributed by atoms with Crippen LogP contribution >= 0.6 is 0 Å². The van der Waals surface area contributed by atoms with Gasteiger partial charge in [-0.25, -0.2) is 0 Å². The molecule has 0 aromatic heterocycles. The summed E-state index contributed by atoms with van der Waals surface area (Å²) in [4.78, 5) is 20.9. The molecule has 1 aromatic rings. The molecule has 0 atom stereocenters. The summed E-state index contributed by atoms with van der Waals surface area (Å²) in [5.74, 6) is -2.15. The van der Waals surface area contributed by atoms with Crippen molar-refractivity contribution in [2.45, 2.75) is 0 Å². The first-order valence-corrected chi connectivity index (χ1v) is 3.32. The van der Waals surface area contributed by atoms with Crippen LogP contribution in [0.1, 0.15) is 0 Å². The molecular formula is C8H7N2O2. The van der Waals surface area contributed by atoms with E-state index in [4.69, 9.17) is 5.73 Å². The van der Waals surface area contributed by atoms with Gasteiger partial charge in [0.2, 0.25) is 0 Å². The minimum atomic E-state index is -1.24. The van der Waals surface area contributed by atoms with Crippen molar-refractivity contribution >= 4 is 17.5 Å². The topological polar surface area (TPSA) is 70.0 Å². The van der Waals surface area contributed by atoms with E-state index in [0.717, 1.165) is 0 Å². The molecule has 0 spiro atoms. The van der Waals surface area contributed by atoms with E-state index in [2.05, 4.69) is 5.32 Å². The second kappa shape index (κ2) is 3.52. The van der Waals surface area contributed by atoms with Crippen LogP contribution < -0.4 is 11.1 Å². The van der Waals surface area contributed by atoms with E-state index in [-0.39, 0.29) is 0 Å². The Hall–Kier alpha value is -1.84. The van der Waals surface area contributed by atoms with Crippen molar-refractivity contribution in [1.82, 2.24) is 5.73 Å². The monoisotopic (exact) mass is 163 g/mol. The van der Waals surface area contributed by atoms with Crippen LogP contribution in [0.3, 0.4) is 0 Å². The minimum absolute atomic E-state index is 0.517. The predicted octanol–water partition coefficient (Wildman–Crippen LogP) is 0.435. The van der Waals surface area contributed by atoms with Gasteiger partial charge in [0, 0.05) is 5.69 Å². The van der Waals surface area contributed by atoms with E-state index in [1.54, 1.807) is 30.3 Å². The lowest BCUT2D eigenvalue weighted by Crippen LogP contribution is -2.22. The molecule has 4 heteroatoms. The minimum Gasteiger partial charge on any atom is -0.318 e. The van der Waals surface area contributed by atoms with Gasteiger partial charge in [0.15, 0.2) is 0 Å². The number of hydrogen-bond acceptors (Lipinski definition) is 2. The highest BCUT2D eigenvalue weighted by molar-refractivity contribution is 6.38. The lowest BCUT2D eigenvalue weighted by molar-refractivity contribution is -0.134. The van der Waals surface area contributed by atoms with Crippen molar-refractivity contribution in [2.75, 3.05) is 5.32 Å². The molecular weight excluding hydrogens is 156 g/mol. The summed E-state index contributed by atoms with van der Waals surface area (Å²) in [6.45, 7) is 0. The summed E-state index contributed by atoms with van der Waals surface area (Å²) in [5, 5.41) is 2.27. The maximum Gasteiger partial charge on any atom is 0.328 e. The summed E-state index contributed by atoms with van der Waals surface area (Å²) in [7, 11) is 0. The Balaban J connectivity index is 2.65. The van der Waals surface area contributed by atoms with Crippen LogP contribution in [0.25, 0.3) is 0 Å². The second-order valence-corrected chi connectivity index (χ2v) is 2.15. The Kier molecular flexibility index (Phi) is 2.42. The molecule has 2 N–H and O–H groups in total. The fourth-order valence-corrected chi connectivity index (χ4v) is 0.709. The van der Waals surface area contributed by atoms with Crippen molar-refractivity contribution in [3.63, 3.8) is 0 Å². The number of amides is 2. The fourth-order valence-electron chi connectivity index (χ4n) is 0.709. The molecule has 1 aromatic carbocycles. The standard InChI is InChI=1S/C8H7N2O2/c9-7(11)8(12)10-6-4-2-1-3-5-6/h1-5,9H,(H,10,12). The third-order valence-corrected chi connectivity index (χ3v) is 1.24. The Morgan fingerprint density at radius 1 is 1.17 bits per heavy atom. The zero-order chi connectivity index (χ0) is 8.97. The lowest BCUT2D eigenvalue weighted by Gasteiger charge is -1.99. The first-order valence-electron chi connectivity index (χ1n) is 3.32. The van der Waals surface area contributed by atoms with E-state index >= 15 is 0 Å². The highest BCUT2D eigenvalue weighted by Gasteiger charge is 2.08. The zero-order valence-electron chi connectivity index (χ0n) is 6.20. The molecule has 0 unspecified atom stereocenters. The Morgan fingerprint density at radius 3 is 2.25 bits per heavy atom. The van der Waals surface area contributed by atoms with Gasteiger partial charge in [-0.2, -0.15) is 0 Å². The average Bonchev–Trinajstić information content (AvgIpc) is 2.06. The Morgan fingerprint density at radius 2 is 1.75 bits per heavy atom. The molecule has 0 aliphatic rings. The molecule has 0 aliphatic heterocycles. The van der Waals surface area contributed by atoms with Gasteiger partial charge in [-0.3, -0.25) is 15.3 Å². The molecule has 1 rings (SSSR count). The first kappa shape index (κ1) is 8.26. The van der Waals surface area contributed by atoms with Gasteiger partial charge in [0.05, 0.1) is 0 Å². The summed E-state index contributed by atoms with van der Waals surface area (Å²) in [6, 6.07) is 8.52. The lowest BCUT2D eigenvalue weighted by atomic mass is 10.3. The van der Waals surface area contributed by atoms with Crippen molar-refractivity contribution in [3.8, 4) is 0 Å². The molecule has 0 fully saturated rings.